The Morgan fingerprint density at radius 1 is 0.614 bits per heavy atom. The van der Waals surface area contributed by atoms with E-state index in [1.54, 1.807) is 0 Å². The number of carbonyl (C=O) groups is 2. The summed E-state index contributed by atoms with van der Waals surface area (Å²) < 4.78 is 191. The summed E-state index contributed by atoms with van der Waals surface area (Å²) in [7, 11) is 0. The maximum absolute atomic E-state index is 14.6. The predicted octanol–water partition coefficient (Wildman–Crippen LogP) is 7.26. The minimum absolute atomic E-state index is 0.684. The molecule has 1 fully saturated rings. The van der Waals surface area contributed by atoms with Crippen molar-refractivity contribution in [3.8, 4) is 0 Å². The molecule has 44 heavy (non-hydrogen) atoms. The van der Waals surface area contributed by atoms with Gasteiger partial charge in [-0.15, -0.1) is 0 Å². The Hall–Kier alpha value is -2.24. The van der Waals surface area contributed by atoms with Crippen LogP contribution in [0.5, 0.6) is 0 Å². The lowest BCUT2D eigenvalue weighted by molar-refractivity contribution is -0.409. The van der Waals surface area contributed by atoms with Gasteiger partial charge in [-0.25, -0.2) is 9.59 Å². The highest BCUT2D eigenvalue weighted by Gasteiger charge is 2.81. The van der Waals surface area contributed by atoms with Gasteiger partial charge in [0.2, 0.25) is 0 Å². The molecule has 18 heteroatoms. The summed E-state index contributed by atoms with van der Waals surface area (Å²) in [5, 5.41) is 0. The van der Waals surface area contributed by atoms with Gasteiger partial charge in [0.1, 0.15) is 24.4 Å². The van der Waals surface area contributed by atoms with Crippen molar-refractivity contribution in [1.82, 2.24) is 0 Å². The molecular formula is C26H32F12O6. The second-order valence-electron chi connectivity index (χ2n) is 12.6. The summed E-state index contributed by atoms with van der Waals surface area (Å²) in [6.45, 7) is 3.39. The van der Waals surface area contributed by atoms with Crippen molar-refractivity contribution >= 4 is 11.9 Å². The van der Waals surface area contributed by atoms with E-state index in [1.807, 2.05) is 0 Å². The van der Waals surface area contributed by atoms with E-state index in [4.69, 9.17) is 4.74 Å². The maximum Gasteiger partial charge on any atom is 0.426 e. The second kappa shape index (κ2) is 11.8. The van der Waals surface area contributed by atoms with Crippen LogP contribution in [0.3, 0.4) is 0 Å². The van der Waals surface area contributed by atoms with Crippen LogP contribution in [0.25, 0.3) is 0 Å². The van der Waals surface area contributed by atoms with Gasteiger partial charge in [-0.1, -0.05) is 12.2 Å². The summed E-state index contributed by atoms with van der Waals surface area (Å²) in [4.78, 5) is 24.1. The Bertz CT molecular complexity index is 1050. The Balaban J connectivity index is 2.70. The van der Waals surface area contributed by atoms with E-state index in [-0.39, 0.29) is 0 Å². The molecule has 1 saturated carbocycles. The molecule has 4 atom stereocenters. The molecule has 0 spiro atoms. The molecule has 0 radical (unpaired) electrons. The third-order valence-corrected chi connectivity index (χ3v) is 7.07. The smallest absolute Gasteiger partial charge is 0.426 e. The van der Waals surface area contributed by atoms with Crippen LogP contribution >= 0.6 is 0 Å². The SMILES string of the molecule is CC(C)(C)OC(=O)COC(CC1C2C=CC(C2)C1C(OCC(=O)OC(C)(C)C)(C(F)(F)F)C(F)(F)F)(C(F)(F)F)C(F)(F)F. The van der Waals surface area contributed by atoms with Crippen molar-refractivity contribution in [1.29, 1.82) is 0 Å². The molecule has 4 unspecified atom stereocenters. The van der Waals surface area contributed by atoms with Crippen molar-refractivity contribution < 1.29 is 81.2 Å². The summed E-state index contributed by atoms with van der Waals surface area (Å²) in [6.07, 6.45) is -27.4. The molecule has 0 aromatic carbocycles. The average Bonchev–Trinajstić information content (AvgIpc) is 3.33. The highest BCUT2D eigenvalue weighted by Crippen LogP contribution is 2.65. The largest absolute Gasteiger partial charge is 0.458 e. The number of alkyl halides is 12. The van der Waals surface area contributed by atoms with E-state index in [0.29, 0.717) is 0 Å². The number of esters is 2. The number of allylic oxidation sites excluding steroid dienone is 2. The molecule has 2 aliphatic rings. The van der Waals surface area contributed by atoms with Crippen molar-refractivity contribution in [2.24, 2.45) is 23.7 Å². The lowest BCUT2D eigenvalue weighted by Gasteiger charge is -2.48. The zero-order valence-corrected chi connectivity index (χ0v) is 24.3. The van der Waals surface area contributed by atoms with Crippen LogP contribution in [0.15, 0.2) is 12.2 Å². The average molecular weight is 669 g/mol. The third-order valence-electron chi connectivity index (χ3n) is 7.07. The molecule has 0 N–H and O–H groups in total. The summed E-state index contributed by atoms with van der Waals surface area (Å²) in [5.41, 5.74) is -13.6. The van der Waals surface area contributed by atoms with Crippen LogP contribution in [0.4, 0.5) is 52.7 Å². The molecule has 2 aliphatic carbocycles. The van der Waals surface area contributed by atoms with E-state index in [9.17, 15) is 62.3 Å². The van der Waals surface area contributed by atoms with Gasteiger partial charge in [-0.2, -0.15) is 52.7 Å². The van der Waals surface area contributed by atoms with Gasteiger partial charge in [-0.05, 0) is 72.1 Å². The lowest BCUT2D eigenvalue weighted by atomic mass is 9.67. The van der Waals surface area contributed by atoms with E-state index in [1.165, 1.54) is 41.5 Å². The number of rotatable bonds is 9. The molecule has 0 amide bonds. The van der Waals surface area contributed by atoms with Gasteiger partial charge in [0.15, 0.2) is 0 Å². The quantitative estimate of drug-likeness (QED) is 0.146. The standard InChI is InChI=1S/C26H32F12O6/c1-19(2,3)43-16(39)11-41-21(23(27,28)29,24(30,31)32)10-15-13-7-8-14(9-13)18(15)22(25(33,34)35,26(36,37)38)42-12-17(40)44-20(4,5)6/h7-8,13-15,18H,9-12H2,1-6H3. The van der Waals surface area contributed by atoms with Gasteiger partial charge >= 0.3 is 36.6 Å². The van der Waals surface area contributed by atoms with Crippen molar-refractivity contribution in [3.63, 3.8) is 0 Å². The normalized spacial score (nSPS) is 23.7. The Labute approximate surface area is 244 Å². The molecule has 2 rings (SSSR count). The van der Waals surface area contributed by atoms with Crippen molar-refractivity contribution in [3.05, 3.63) is 12.2 Å². The fourth-order valence-electron chi connectivity index (χ4n) is 5.65. The van der Waals surface area contributed by atoms with Crippen LogP contribution in [-0.4, -0.2) is 72.3 Å². The van der Waals surface area contributed by atoms with E-state index < -0.39 is 109 Å². The molecular weight excluding hydrogens is 636 g/mol. The molecule has 0 aromatic heterocycles. The van der Waals surface area contributed by atoms with Crippen LogP contribution in [0.2, 0.25) is 0 Å². The fourth-order valence-corrected chi connectivity index (χ4v) is 5.65. The first kappa shape index (κ1) is 37.9. The molecule has 0 heterocycles. The summed E-state index contributed by atoms with van der Waals surface area (Å²) in [5.74, 6) is -12.7. The van der Waals surface area contributed by atoms with Gasteiger partial charge in [0.25, 0.3) is 11.2 Å². The molecule has 2 bridgehead atoms. The molecule has 6 nitrogen and oxygen atoms in total. The van der Waals surface area contributed by atoms with Crippen LogP contribution in [-0.2, 0) is 28.5 Å². The Kier molecular flexibility index (Phi) is 10.2. The first-order valence-electron chi connectivity index (χ1n) is 13.1. The number of hydrogen-bond donors (Lipinski definition) is 0. The van der Waals surface area contributed by atoms with E-state index >= 15 is 0 Å². The minimum atomic E-state index is -6.50. The summed E-state index contributed by atoms with van der Waals surface area (Å²) >= 11 is 0. The number of halogens is 12. The van der Waals surface area contributed by atoms with Crippen LogP contribution in [0, 0.1) is 23.7 Å². The van der Waals surface area contributed by atoms with Crippen LogP contribution < -0.4 is 0 Å². The van der Waals surface area contributed by atoms with Gasteiger partial charge in [-0.3, -0.25) is 0 Å². The molecule has 0 aromatic rings. The minimum Gasteiger partial charge on any atom is -0.458 e. The zero-order chi connectivity index (χ0) is 34.5. The Morgan fingerprint density at radius 2 is 1.00 bits per heavy atom. The fraction of sp³-hybridized carbons (Fsp3) is 0.846. The summed E-state index contributed by atoms with van der Waals surface area (Å²) in [6, 6.07) is 0. The third kappa shape index (κ3) is 7.76. The van der Waals surface area contributed by atoms with Gasteiger partial charge in [0.05, 0.1) is 0 Å². The maximum atomic E-state index is 14.6. The Morgan fingerprint density at radius 3 is 1.36 bits per heavy atom. The molecule has 0 aliphatic heterocycles. The molecule has 0 saturated heterocycles. The topological polar surface area (TPSA) is 71.1 Å². The lowest BCUT2D eigenvalue weighted by Crippen LogP contribution is -2.67. The number of carbonyl (C=O) groups excluding carboxylic acids is 2. The highest BCUT2D eigenvalue weighted by molar-refractivity contribution is 5.71. The molecule has 256 valence electrons. The first-order valence-corrected chi connectivity index (χ1v) is 13.1. The predicted molar refractivity (Wildman–Crippen MR) is 126 cm³/mol. The zero-order valence-electron chi connectivity index (χ0n) is 24.3. The van der Waals surface area contributed by atoms with Gasteiger partial charge < -0.3 is 18.9 Å². The van der Waals surface area contributed by atoms with Crippen LogP contribution in [0.1, 0.15) is 54.4 Å². The van der Waals surface area contributed by atoms with Crippen molar-refractivity contribution in [2.45, 2.75) is 101 Å². The monoisotopic (exact) mass is 668 g/mol. The number of hydrogen-bond acceptors (Lipinski definition) is 6. The first-order chi connectivity index (χ1) is 19.4. The number of fused-ring (bicyclic) bond motifs is 2. The number of ether oxygens (including phenoxy) is 4. The van der Waals surface area contributed by atoms with E-state index in [2.05, 4.69) is 14.2 Å². The van der Waals surface area contributed by atoms with E-state index in [0.717, 1.165) is 12.2 Å². The van der Waals surface area contributed by atoms with Gasteiger partial charge in [0, 0.05) is 5.92 Å². The highest BCUT2D eigenvalue weighted by atomic mass is 19.4. The second-order valence-corrected chi connectivity index (χ2v) is 12.6. The van der Waals surface area contributed by atoms with Crippen molar-refractivity contribution in [2.75, 3.05) is 13.2 Å².